The summed E-state index contributed by atoms with van der Waals surface area (Å²) in [6.45, 7) is 5.89. The van der Waals surface area contributed by atoms with E-state index < -0.39 is 0 Å². The zero-order chi connectivity index (χ0) is 16.8. The van der Waals surface area contributed by atoms with E-state index >= 15 is 0 Å². The average Bonchev–Trinajstić information content (AvgIpc) is 2.62. The molecule has 0 aliphatic carbocycles. The Balaban J connectivity index is 1.53. The van der Waals surface area contributed by atoms with Crippen LogP contribution in [-0.2, 0) is 0 Å². The molecule has 1 fully saturated rings. The van der Waals surface area contributed by atoms with Gasteiger partial charge in [0, 0.05) is 30.0 Å². The molecule has 0 saturated carbocycles. The first-order chi connectivity index (χ1) is 11.7. The Labute approximate surface area is 148 Å². The lowest BCUT2D eigenvalue weighted by Crippen LogP contribution is -2.44. The van der Waals surface area contributed by atoms with Crippen LogP contribution in [0.2, 0.25) is 5.02 Å². The van der Waals surface area contributed by atoms with Crippen LogP contribution in [0.5, 0.6) is 0 Å². The lowest BCUT2D eigenvalue weighted by Gasteiger charge is -2.34. The molecule has 0 radical (unpaired) electrons. The third-order valence-corrected chi connectivity index (χ3v) is 4.32. The van der Waals surface area contributed by atoms with Crippen molar-refractivity contribution in [3.8, 4) is 0 Å². The van der Waals surface area contributed by atoms with Crippen molar-refractivity contribution in [1.82, 2.24) is 5.01 Å². The summed E-state index contributed by atoms with van der Waals surface area (Å²) in [5.74, 6) is 0. The highest BCUT2D eigenvalue weighted by atomic mass is 35.5. The van der Waals surface area contributed by atoms with Crippen molar-refractivity contribution in [2.45, 2.75) is 6.92 Å². The van der Waals surface area contributed by atoms with E-state index in [1.165, 1.54) is 11.3 Å². The summed E-state index contributed by atoms with van der Waals surface area (Å²) in [6, 6.07) is 18.4. The highest BCUT2D eigenvalue weighted by molar-refractivity contribution is 6.30. The number of nitrogens with zero attached hydrogens (tertiary/aromatic N) is 3. The highest BCUT2D eigenvalue weighted by Crippen LogP contribution is 2.19. The second-order valence-corrected chi connectivity index (χ2v) is 6.40. The van der Waals surface area contributed by atoms with Crippen molar-refractivity contribution in [1.29, 1.82) is 0 Å². The van der Waals surface area contributed by atoms with Gasteiger partial charge in [0.25, 0.3) is 0 Å². The zero-order valence-electron chi connectivity index (χ0n) is 13.9. The number of allylic oxidation sites excluding steroid dienone is 1. The number of piperazine rings is 1. The van der Waals surface area contributed by atoms with Crippen LogP contribution in [-0.4, -0.2) is 37.4 Å². The van der Waals surface area contributed by atoms with Gasteiger partial charge in [-0.05, 0) is 42.3 Å². The van der Waals surface area contributed by atoms with Crippen LogP contribution in [0.1, 0.15) is 12.5 Å². The third kappa shape index (κ3) is 4.62. The molecule has 124 valence electrons. The fraction of sp³-hybridized carbons (Fsp3) is 0.250. The molecule has 3 nitrogen and oxygen atoms in total. The monoisotopic (exact) mass is 339 g/mol. The standard InChI is InChI=1S/C20H22ClN3/c1-17(15-18-5-3-2-4-6-18)16-22-24-13-11-23(12-14-24)20-9-7-19(21)8-10-20/h2-10,15-16H,11-14H2,1H3/b17-15+,22-16?. The molecule has 0 amide bonds. The maximum absolute atomic E-state index is 5.95. The zero-order valence-corrected chi connectivity index (χ0v) is 14.7. The first kappa shape index (κ1) is 16.6. The van der Waals surface area contributed by atoms with Crippen molar-refractivity contribution >= 4 is 29.6 Å². The largest absolute Gasteiger partial charge is 0.368 e. The summed E-state index contributed by atoms with van der Waals surface area (Å²) in [6.07, 6.45) is 4.10. The number of benzene rings is 2. The Morgan fingerprint density at radius 1 is 0.958 bits per heavy atom. The van der Waals surface area contributed by atoms with Crippen molar-refractivity contribution in [3.05, 3.63) is 70.8 Å². The molecule has 1 heterocycles. The molecule has 24 heavy (non-hydrogen) atoms. The van der Waals surface area contributed by atoms with Crippen LogP contribution < -0.4 is 4.90 Å². The second-order valence-electron chi connectivity index (χ2n) is 5.96. The van der Waals surface area contributed by atoms with Gasteiger partial charge in [-0.2, -0.15) is 5.10 Å². The Hall–Kier alpha value is -2.26. The Kier molecular flexibility index (Phi) is 5.55. The number of anilines is 1. The Bertz CT molecular complexity index is 699. The van der Waals surface area contributed by atoms with E-state index in [9.17, 15) is 0 Å². The van der Waals surface area contributed by atoms with Gasteiger partial charge in [0.05, 0.1) is 13.1 Å². The molecular weight excluding hydrogens is 318 g/mol. The van der Waals surface area contributed by atoms with E-state index in [4.69, 9.17) is 11.6 Å². The fourth-order valence-corrected chi connectivity index (χ4v) is 2.87. The SMILES string of the molecule is C/C(C=NN1CCN(c2ccc(Cl)cc2)CC1)=C\c1ccccc1. The third-order valence-electron chi connectivity index (χ3n) is 4.07. The van der Waals surface area contributed by atoms with Gasteiger partial charge in [-0.25, -0.2) is 0 Å². The molecule has 1 aliphatic rings. The maximum atomic E-state index is 5.95. The summed E-state index contributed by atoms with van der Waals surface area (Å²) < 4.78 is 0. The quantitative estimate of drug-likeness (QED) is 0.761. The highest BCUT2D eigenvalue weighted by Gasteiger charge is 2.15. The van der Waals surface area contributed by atoms with E-state index in [0.29, 0.717) is 0 Å². The van der Waals surface area contributed by atoms with Crippen LogP contribution in [0.4, 0.5) is 5.69 Å². The minimum atomic E-state index is 0.780. The van der Waals surface area contributed by atoms with Crippen molar-refractivity contribution in [3.63, 3.8) is 0 Å². The van der Waals surface area contributed by atoms with Crippen LogP contribution in [0, 0.1) is 0 Å². The van der Waals surface area contributed by atoms with E-state index in [0.717, 1.165) is 36.8 Å². The van der Waals surface area contributed by atoms with Gasteiger partial charge in [-0.1, -0.05) is 48.0 Å². The smallest absolute Gasteiger partial charge is 0.0536 e. The predicted octanol–water partition coefficient (Wildman–Crippen LogP) is 4.55. The first-order valence-corrected chi connectivity index (χ1v) is 8.61. The molecule has 1 aliphatic heterocycles. The summed E-state index contributed by atoms with van der Waals surface area (Å²) in [5, 5.41) is 7.53. The molecule has 3 rings (SSSR count). The van der Waals surface area contributed by atoms with Gasteiger partial charge in [0.15, 0.2) is 0 Å². The minimum Gasteiger partial charge on any atom is -0.368 e. The predicted molar refractivity (Wildman–Crippen MR) is 104 cm³/mol. The van der Waals surface area contributed by atoms with Gasteiger partial charge in [0.1, 0.15) is 0 Å². The summed E-state index contributed by atoms with van der Waals surface area (Å²) in [4.78, 5) is 2.37. The topological polar surface area (TPSA) is 18.8 Å². The number of halogens is 1. The number of rotatable bonds is 4. The van der Waals surface area contributed by atoms with E-state index in [1.54, 1.807) is 0 Å². The number of hydrogen-bond acceptors (Lipinski definition) is 3. The van der Waals surface area contributed by atoms with Crippen LogP contribution in [0.15, 0.2) is 65.3 Å². The van der Waals surface area contributed by atoms with Gasteiger partial charge >= 0.3 is 0 Å². The molecule has 0 aromatic heterocycles. The molecule has 2 aromatic rings. The van der Waals surface area contributed by atoms with E-state index in [2.05, 4.69) is 52.3 Å². The maximum Gasteiger partial charge on any atom is 0.0536 e. The van der Waals surface area contributed by atoms with E-state index in [1.807, 2.05) is 36.5 Å². The van der Waals surface area contributed by atoms with Crippen molar-refractivity contribution in [2.75, 3.05) is 31.1 Å². The van der Waals surface area contributed by atoms with Gasteiger partial charge in [0.2, 0.25) is 0 Å². The Morgan fingerprint density at radius 2 is 1.62 bits per heavy atom. The molecule has 0 N–H and O–H groups in total. The molecule has 0 spiro atoms. The van der Waals surface area contributed by atoms with Crippen LogP contribution in [0.25, 0.3) is 6.08 Å². The summed E-state index contributed by atoms with van der Waals surface area (Å²) in [7, 11) is 0. The number of hydrogen-bond donors (Lipinski definition) is 0. The van der Waals surface area contributed by atoms with Crippen LogP contribution >= 0.6 is 11.6 Å². The molecule has 1 saturated heterocycles. The van der Waals surface area contributed by atoms with Crippen molar-refractivity contribution < 1.29 is 0 Å². The lowest BCUT2D eigenvalue weighted by atomic mass is 10.1. The van der Waals surface area contributed by atoms with Crippen LogP contribution in [0.3, 0.4) is 0 Å². The molecule has 0 atom stereocenters. The number of hydrazone groups is 1. The molecule has 0 bridgehead atoms. The van der Waals surface area contributed by atoms with Crippen molar-refractivity contribution in [2.24, 2.45) is 5.10 Å². The average molecular weight is 340 g/mol. The normalized spacial score (nSPS) is 16.0. The Morgan fingerprint density at radius 3 is 2.29 bits per heavy atom. The van der Waals surface area contributed by atoms with Gasteiger partial charge in [-0.3, -0.25) is 5.01 Å². The molecule has 0 unspecified atom stereocenters. The first-order valence-electron chi connectivity index (χ1n) is 8.23. The van der Waals surface area contributed by atoms with E-state index in [-0.39, 0.29) is 0 Å². The summed E-state index contributed by atoms with van der Waals surface area (Å²) >= 11 is 5.95. The second kappa shape index (κ2) is 8.02. The van der Waals surface area contributed by atoms with Gasteiger partial charge in [-0.15, -0.1) is 0 Å². The summed E-state index contributed by atoms with van der Waals surface area (Å²) in [5.41, 5.74) is 3.58. The lowest BCUT2D eigenvalue weighted by molar-refractivity contribution is 0.272. The molecule has 4 heteroatoms. The fourth-order valence-electron chi connectivity index (χ4n) is 2.74. The minimum absolute atomic E-state index is 0.780. The molecular formula is C20H22ClN3. The molecule has 2 aromatic carbocycles. The van der Waals surface area contributed by atoms with Gasteiger partial charge < -0.3 is 4.90 Å².